The molecule has 0 bridgehead atoms. The molecule has 2 atom stereocenters. The summed E-state index contributed by atoms with van der Waals surface area (Å²) in [6.45, 7) is 10.4. The van der Waals surface area contributed by atoms with Crippen molar-refractivity contribution in [3.63, 3.8) is 0 Å². The molecule has 1 N–H and O–H groups in total. The zero-order valence-electron chi connectivity index (χ0n) is 15.8. The van der Waals surface area contributed by atoms with Crippen molar-refractivity contribution in [3.8, 4) is 0 Å². The number of nitrogens with one attached hydrogen (secondary N) is 1. The Morgan fingerprint density at radius 1 is 0.800 bits per heavy atom. The van der Waals surface area contributed by atoms with Crippen LogP contribution in [0.1, 0.15) is 75.6 Å². The van der Waals surface area contributed by atoms with Crippen LogP contribution in [0, 0.1) is 0 Å². The lowest BCUT2D eigenvalue weighted by Crippen LogP contribution is -2.26. The van der Waals surface area contributed by atoms with E-state index in [0.29, 0.717) is 16.7 Å². The number of hydrogen-bond donors (Lipinski definition) is 1. The fourth-order valence-electron chi connectivity index (χ4n) is 2.75. The van der Waals surface area contributed by atoms with Gasteiger partial charge in [0.15, 0.2) is 0 Å². The summed E-state index contributed by atoms with van der Waals surface area (Å²) >= 11 is 0. The Labute approximate surface area is 152 Å². The van der Waals surface area contributed by atoms with Gasteiger partial charge >= 0.3 is 0 Å². The lowest BCUT2D eigenvalue weighted by Gasteiger charge is -2.16. The Hall–Kier alpha value is -1.65. The van der Waals surface area contributed by atoms with Crippen molar-refractivity contribution in [1.29, 1.82) is 0 Å². The highest BCUT2D eigenvalue weighted by Gasteiger charge is 2.18. The summed E-state index contributed by atoms with van der Waals surface area (Å²) in [6, 6.07) is 15.0. The van der Waals surface area contributed by atoms with E-state index in [1.165, 1.54) is 11.1 Å². The molecule has 0 saturated heterocycles. The fourth-order valence-corrected chi connectivity index (χ4v) is 3.98. The number of sulfonamides is 1. The number of benzene rings is 2. The van der Waals surface area contributed by atoms with Crippen LogP contribution in [0.5, 0.6) is 0 Å². The zero-order valence-corrected chi connectivity index (χ0v) is 16.6. The van der Waals surface area contributed by atoms with Crippen molar-refractivity contribution >= 4 is 10.0 Å². The molecule has 2 rings (SSSR count). The summed E-state index contributed by atoms with van der Waals surface area (Å²) in [6.07, 6.45) is 1.04. The predicted molar refractivity (Wildman–Crippen MR) is 104 cm³/mol. The van der Waals surface area contributed by atoms with E-state index >= 15 is 0 Å². The van der Waals surface area contributed by atoms with Gasteiger partial charge in [-0.05, 0) is 54.0 Å². The molecule has 4 heteroatoms. The van der Waals surface area contributed by atoms with Crippen LogP contribution in [0.15, 0.2) is 53.4 Å². The average molecular weight is 360 g/mol. The van der Waals surface area contributed by atoms with E-state index in [9.17, 15) is 8.42 Å². The molecule has 0 fully saturated rings. The molecule has 2 aromatic rings. The van der Waals surface area contributed by atoms with E-state index in [2.05, 4.69) is 44.5 Å². The van der Waals surface area contributed by atoms with Crippen molar-refractivity contribution in [2.24, 2.45) is 0 Å². The first-order valence-electron chi connectivity index (χ1n) is 8.96. The van der Waals surface area contributed by atoms with Gasteiger partial charge in [-0.1, -0.05) is 64.1 Å². The summed E-state index contributed by atoms with van der Waals surface area (Å²) < 4.78 is 28.0. The molecule has 0 aliphatic heterocycles. The molecular formula is C21H29NO2S. The lowest BCUT2D eigenvalue weighted by molar-refractivity contribution is 0.566. The van der Waals surface area contributed by atoms with Gasteiger partial charge < -0.3 is 0 Å². The van der Waals surface area contributed by atoms with Crippen LogP contribution in [0.3, 0.4) is 0 Å². The Bertz CT molecular complexity index is 778. The van der Waals surface area contributed by atoms with Gasteiger partial charge in [0, 0.05) is 6.04 Å². The zero-order chi connectivity index (χ0) is 18.6. The first kappa shape index (κ1) is 19.7. The SMILES string of the molecule is CCC(C)c1ccc(S(=O)(=O)NC(C)c2ccc(C(C)C)cc2)cc1. The average Bonchev–Trinajstić information content (AvgIpc) is 2.60. The maximum Gasteiger partial charge on any atom is 0.241 e. The maximum absolute atomic E-state index is 12.6. The number of hydrogen-bond acceptors (Lipinski definition) is 2. The van der Waals surface area contributed by atoms with Gasteiger partial charge in [0.1, 0.15) is 0 Å². The molecule has 3 nitrogen and oxygen atoms in total. The minimum atomic E-state index is -3.53. The molecule has 136 valence electrons. The largest absolute Gasteiger partial charge is 0.241 e. The van der Waals surface area contributed by atoms with Crippen LogP contribution >= 0.6 is 0 Å². The van der Waals surface area contributed by atoms with Crippen molar-refractivity contribution in [2.75, 3.05) is 0 Å². The first-order chi connectivity index (χ1) is 11.7. The van der Waals surface area contributed by atoms with Crippen molar-refractivity contribution in [1.82, 2.24) is 4.72 Å². The Kier molecular flexibility index (Phi) is 6.42. The van der Waals surface area contributed by atoms with Crippen LogP contribution in [0.25, 0.3) is 0 Å². The standard InChI is InChI=1S/C21H29NO2S/c1-6-16(4)19-11-13-21(14-12-19)25(23,24)22-17(5)20-9-7-18(8-10-20)15(2)3/h7-17,22H,6H2,1-5H3. The van der Waals surface area contributed by atoms with Gasteiger partial charge in [-0.25, -0.2) is 13.1 Å². The molecule has 0 aliphatic rings. The van der Waals surface area contributed by atoms with Crippen molar-refractivity contribution in [2.45, 2.75) is 63.8 Å². The number of rotatable bonds is 7. The molecule has 0 aliphatic carbocycles. The smallest absolute Gasteiger partial charge is 0.207 e. The fraction of sp³-hybridized carbons (Fsp3) is 0.429. The van der Waals surface area contributed by atoms with Crippen LogP contribution in [0.4, 0.5) is 0 Å². The third-order valence-corrected chi connectivity index (χ3v) is 6.36. The Morgan fingerprint density at radius 3 is 1.76 bits per heavy atom. The van der Waals surface area contributed by atoms with Crippen LogP contribution in [-0.4, -0.2) is 8.42 Å². The molecule has 0 radical (unpaired) electrons. The molecule has 2 unspecified atom stereocenters. The van der Waals surface area contributed by atoms with Gasteiger partial charge in [-0.2, -0.15) is 0 Å². The summed E-state index contributed by atoms with van der Waals surface area (Å²) in [7, 11) is -3.53. The second-order valence-electron chi connectivity index (χ2n) is 7.04. The second kappa shape index (κ2) is 8.15. The van der Waals surface area contributed by atoms with Gasteiger partial charge in [-0.15, -0.1) is 0 Å². The molecule has 0 amide bonds. The summed E-state index contributed by atoms with van der Waals surface area (Å²) in [5.41, 5.74) is 3.38. The van der Waals surface area contributed by atoms with Crippen LogP contribution in [0.2, 0.25) is 0 Å². The predicted octanol–water partition coefficient (Wildman–Crippen LogP) is 5.36. The van der Waals surface area contributed by atoms with Crippen LogP contribution in [-0.2, 0) is 10.0 Å². The third kappa shape index (κ3) is 4.93. The van der Waals surface area contributed by atoms with E-state index < -0.39 is 10.0 Å². The van der Waals surface area contributed by atoms with Gasteiger partial charge in [0.2, 0.25) is 10.0 Å². The minimum absolute atomic E-state index is 0.277. The molecule has 0 spiro atoms. The van der Waals surface area contributed by atoms with E-state index in [-0.39, 0.29) is 6.04 Å². The summed E-state index contributed by atoms with van der Waals surface area (Å²) in [4.78, 5) is 0.310. The Balaban J connectivity index is 2.14. The van der Waals surface area contributed by atoms with Gasteiger partial charge in [0.25, 0.3) is 0 Å². The van der Waals surface area contributed by atoms with Crippen molar-refractivity contribution in [3.05, 3.63) is 65.2 Å². The molecule has 0 saturated carbocycles. The monoisotopic (exact) mass is 359 g/mol. The molecule has 25 heavy (non-hydrogen) atoms. The Morgan fingerprint density at radius 2 is 1.28 bits per heavy atom. The highest BCUT2D eigenvalue weighted by molar-refractivity contribution is 7.89. The molecular weight excluding hydrogens is 330 g/mol. The van der Waals surface area contributed by atoms with E-state index in [0.717, 1.165) is 12.0 Å². The maximum atomic E-state index is 12.6. The normalized spacial score (nSPS) is 14.5. The second-order valence-corrected chi connectivity index (χ2v) is 8.76. The lowest BCUT2D eigenvalue weighted by atomic mass is 9.99. The van der Waals surface area contributed by atoms with E-state index in [1.54, 1.807) is 12.1 Å². The topological polar surface area (TPSA) is 46.2 Å². The quantitative estimate of drug-likeness (QED) is 0.723. The third-order valence-electron chi connectivity index (χ3n) is 4.81. The molecule has 0 aromatic heterocycles. The summed E-state index contributed by atoms with van der Waals surface area (Å²) in [5, 5.41) is 0. The minimum Gasteiger partial charge on any atom is -0.207 e. The molecule has 2 aromatic carbocycles. The first-order valence-corrected chi connectivity index (χ1v) is 10.4. The van der Waals surface area contributed by atoms with E-state index in [4.69, 9.17) is 0 Å². The van der Waals surface area contributed by atoms with Gasteiger partial charge in [0.05, 0.1) is 4.90 Å². The van der Waals surface area contributed by atoms with Crippen molar-refractivity contribution < 1.29 is 8.42 Å². The van der Waals surface area contributed by atoms with E-state index in [1.807, 2.05) is 31.2 Å². The van der Waals surface area contributed by atoms with Gasteiger partial charge in [-0.3, -0.25) is 0 Å². The molecule has 0 heterocycles. The summed E-state index contributed by atoms with van der Waals surface area (Å²) in [5.74, 6) is 0.896. The highest BCUT2D eigenvalue weighted by Crippen LogP contribution is 2.23. The highest BCUT2D eigenvalue weighted by atomic mass is 32.2. The van der Waals surface area contributed by atoms with Crippen LogP contribution < -0.4 is 4.72 Å².